The molecular weight excluding hydrogens is 210 g/mol. The second-order valence-corrected chi connectivity index (χ2v) is 3.19. The van der Waals surface area contributed by atoms with E-state index in [1.165, 1.54) is 0 Å². The number of β-amino-alcohol motifs (C(OH)–C–C–N with tert-alkyl or cyclic N) is 1. The first-order valence-electron chi connectivity index (χ1n) is 5.15. The number of hydrogen-bond donors (Lipinski definition) is 2. The van der Waals surface area contributed by atoms with Gasteiger partial charge in [0.1, 0.15) is 11.9 Å². The number of rotatable bonds is 4. The number of esters is 1. The summed E-state index contributed by atoms with van der Waals surface area (Å²) < 4.78 is 4.79. The largest absolute Gasteiger partial charge is 0.462 e. The third-order valence-corrected chi connectivity index (χ3v) is 2.19. The van der Waals surface area contributed by atoms with Gasteiger partial charge in [-0.2, -0.15) is 5.26 Å². The normalized spacial score (nSPS) is 17.7. The lowest BCUT2D eigenvalue weighted by atomic mass is 10.3. The summed E-state index contributed by atoms with van der Waals surface area (Å²) >= 11 is 0. The van der Waals surface area contributed by atoms with Crippen molar-refractivity contribution in [2.24, 2.45) is 0 Å². The zero-order valence-corrected chi connectivity index (χ0v) is 9.19. The Morgan fingerprint density at radius 3 is 3.06 bits per heavy atom. The van der Waals surface area contributed by atoms with Crippen molar-refractivity contribution in [3.8, 4) is 6.07 Å². The number of nitrogens with one attached hydrogen (secondary N) is 1. The second kappa shape index (κ2) is 5.98. The van der Waals surface area contributed by atoms with E-state index in [1.807, 2.05) is 6.07 Å². The van der Waals surface area contributed by atoms with Crippen molar-refractivity contribution in [1.82, 2.24) is 10.2 Å². The molecule has 1 aliphatic heterocycles. The zero-order valence-electron chi connectivity index (χ0n) is 9.19. The summed E-state index contributed by atoms with van der Waals surface area (Å²) in [5, 5.41) is 20.7. The van der Waals surface area contributed by atoms with E-state index in [-0.39, 0.29) is 18.8 Å². The van der Waals surface area contributed by atoms with Gasteiger partial charge in [-0.25, -0.2) is 4.79 Å². The van der Waals surface area contributed by atoms with Crippen LogP contribution in [0.1, 0.15) is 6.92 Å². The SMILES string of the molecule is CCOC(=O)/C(C#N)=C1\NCCN1CCO. The lowest BCUT2D eigenvalue weighted by Crippen LogP contribution is -2.27. The molecule has 1 saturated heterocycles. The fourth-order valence-electron chi connectivity index (χ4n) is 1.52. The molecule has 1 aliphatic rings. The predicted molar refractivity (Wildman–Crippen MR) is 55.9 cm³/mol. The maximum atomic E-state index is 11.5. The van der Waals surface area contributed by atoms with Gasteiger partial charge in [0.25, 0.3) is 0 Å². The Kier molecular flexibility index (Phi) is 4.61. The average molecular weight is 225 g/mol. The number of nitrogens with zero attached hydrogens (tertiary/aromatic N) is 2. The van der Waals surface area contributed by atoms with Gasteiger partial charge in [0.15, 0.2) is 5.57 Å². The summed E-state index contributed by atoms with van der Waals surface area (Å²) in [4.78, 5) is 13.2. The van der Waals surface area contributed by atoms with Crippen molar-refractivity contribution in [2.75, 3.05) is 32.8 Å². The molecule has 88 valence electrons. The third kappa shape index (κ3) is 2.64. The fourth-order valence-corrected chi connectivity index (χ4v) is 1.52. The molecule has 0 aromatic heterocycles. The Hall–Kier alpha value is -1.74. The molecule has 0 bridgehead atoms. The van der Waals surface area contributed by atoms with Gasteiger partial charge in [0.05, 0.1) is 13.2 Å². The van der Waals surface area contributed by atoms with Gasteiger partial charge in [-0.3, -0.25) is 0 Å². The standard InChI is InChI=1S/C10H15N3O3/c1-2-16-10(15)8(7-11)9-12-3-4-13(9)5-6-14/h12,14H,2-6H2,1H3/b9-8+. The van der Waals surface area contributed by atoms with Crippen molar-refractivity contribution < 1.29 is 14.6 Å². The number of nitriles is 1. The van der Waals surface area contributed by atoms with Crippen molar-refractivity contribution in [3.63, 3.8) is 0 Å². The van der Waals surface area contributed by atoms with E-state index in [1.54, 1.807) is 11.8 Å². The molecule has 0 unspecified atom stereocenters. The highest BCUT2D eigenvalue weighted by Gasteiger charge is 2.24. The van der Waals surface area contributed by atoms with Crippen LogP contribution >= 0.6 is 0 Å². The third-order valence-electron chi connectivity index (χ3n) is 2.19. The van der Waals surface area contributed by atoms with Crippen molar-refractivity contribution in [3.05, 3.63) is 11.4 Å². The number of carbonyl (C=O) groups is 1. The van der Waals surface area contributed by atoms with E-state index in [2.05, 4.69) is 5.32 Å². The molecule has 0 aromatic rings. The van der Waals surface area contributed by atoms with E-state index in [0.29, 0.717) is 25.5 Å². The van der Waals surface area contributed by atoms with Crippen molar-refractivity contribution >= 4 is 5.97 Å². The van der Waals surface area contributed by atoms with Gasteiger partial charge in [-0.15, -0.1) is 0 Å². The molecule has 0 radical (unpaired) electrons. The van der Waals surface area contributed by atoms with Crippen LogP contribution in [0.5, 0.6) is 0 Å². The number of ether oxygens (including phenoxy) is 1. The van der Waals surface area contributed by atoms with Crippen LogP contribution in [0, 0.1) is 11.3 Å². The van der Waals surface area contributed by atoms with Gasteiger partial charge in [0, 0.05) is 19.6 Å². The monoisotopic (exact) mass is 225 g/mol. The molecule has 1 rings (SSSR count). The average Bonchev–Trinajstić information content (AvgIpc) is 2.69. The Morgan fingerprint density at radius 2 is 2.50 bits per heavy atom. The van der Waals surface area contributed by atoms with Crippen molar-refractivity contribution in [2.45, 2.75) is 6.92 Å². The van der Waals surface area contributed by atoms with E-state index in [0.717, 1.165) is 0 Å². The Bertz CT molecular complexity index is 333. The second-order valence-electron chi connectivity index (χ2n) is 3.19. The molecule has 1 heterocycles. The van der Waals surface area contributed by atoms with Gasteiger partial charge < -0.3 is 20.1 Å². The van der Waals surface area contributed by atoms with Crippen LogP contribution in [0.25, 0.3) is 0 Å². The van der Waals surface area contributed by atoms with E-state index in [4.69, 9.17) is 15.1 Å². The number of aliphatic hydroxyl groups is 1. The van der Waals surface area contributed by atoms with Gasteiger partial charge in [-0.05, 0) is 6.92 Å². The van der Waals surface area contributed by atoms with E-state index < -0.39 is 5.97 Å². The maximum absolute atomic E-state index is 11.5. The summed E-state index contributed by atoms with van der Waals surface area (Å²) in [6.45, 7) is 3.61. The van der Waals surface area contributed by atoms with Crippen LogP contribution in [0.15, 0.2) is 11.4 Å². The minimum absolute atomic E-state index is 0.0211. The summed E-state index contributed by atoms with van der Waals surface area (Å²) in [5.41, 5.74) is -0.0344. The quantitative estimate of drug-likeness (QED) is 0.369. The van der Waals surface area contributed by atoms with Crippen LogP contribution in [0.2, 0.25) is 0 Å². The first-order valence-corrected chi connectivity index (χ1v) is 5.15. The van der Waals surface area contributed by atoms with Crippen molar-refractivity contribution in [1.29, 1.82) is 5.26 Å². The Labute approximate surface area is 94.1 Å². The van der Waals surface area contributed by atoms with E-state index >= 15 is 0 Å². The lowest BCUT2D eigenvalue weighted by molar-refractivity contribution is -0.138. The zero-order chi connectivity index (χ0) is 12.0. The molecule has 0 atom stereocenters. The molecule has 6 heteroatoms. The summed E-state index contributed by atoms with van der Waals surface area (Å²) in [7, 11) is 0. The van der Waals surface area contributed by atoms with Crippen LogP contribution in [0.4, 0.5) is 0 Å². The molecule has 0 amide bonds. The van der Waals surface area contributed by atoms with Gasteiger partial charge in [0.2, 0.25) is 0 Å². The molecule has 2 N–H and O–H groups in total. The molecule has 0 saturated carbocycles. The first-order chi connectivity index (χ1) is 7.74. The Morgan fingerprint density at radius 1 is 1.75 bits per heavy atom. The maximum Gasteiger partial charge on any atom is 0.352 e. The molecule has 1 fully saturated rings. The van der Waals surface area contributed by atoms with E-state index in [9.17, 15) is 4.79 Å². The first kappa shape index (κ1) is 12.3. The smallest absolute Gasteiger partial charge is 0.352 e. The molecule has 0 aromatic carbocycles. The molecule has 16 heavy (non-hydrogen) atoms. The fraction of sp³-hybridized carbons (Fsp3) is 0.600. The van der Waals surface area contributed by atoms with Crippen LogP contribution in [0.3, 0.4) is 0 Å². The highest BCUT2D eigenvalue weighted by molar-refractivity contribution is 5.93. The van der Waals surface area contributed by atoms with Crippen LogP contribution < -0.4 is 5.32 Å². The predicted octanol–water partition coefficient (Wildman–Crippen LogP) is -0.818. The highest BCUT2D eigenvalue weighted by Crippen LogP contribution is 2.13. The Balaban J connectivity index is 2.89. The molecule has 6 nitrogen and oxygen atoms in total. The summed E-state index contributed by atoms with van der Waals surface area (Å²) in [6, 6.07) is 1.84. The highest BCUT2D eigenvalue weighted by atomic mass is 16.5. The lowest BCUT2D eigenvalue weighted by Gasteiger charge is -2.18. The molecule has 0 spiro atoms. The minimum atomic E-state index is -0.627. The number of carbonyl (C=O) groups excluding carboxylic acids is 1. The molecular formula is C10H15N3O3. The van der Waals surface area contributed by atoms with Crippen LogP contribution in [-0.4, -0.2) is 48.8 Å². The number of hydrogen-bond acceptors (Lipinski definition) is 6. The summed E-state index contributed by atoms with van der Waals surface area (Å²) in [5.74, 6) is -0.174. The van der Waals surface area contributed by atoms with Crippen LogP contribution in [-0.2, 0) is 9.53 Å². The van der Waals surface area contributed by atoms with Gasteiger partial charge >= 0.3 is 5.97 Å². The minimum Gasteiger partial charge on any atom is -0.462 e. The topological polar surface area (TPSA) is 85.6 Å². The summed E-state index contributed by atoms with van der Waals surface area (Å²) in [6.07, 6.45) is 0. The molecule has 0 aliphatic carbocycles. The number of aliphatic hydroxyl groups excluding tert-OH is 1. The van der Waals surface area contributed by atoms with Gasteiger partial charge in [-0.1, -0.05) is 0 Å².